The molecule has 7 nitrogen and oxygen atoms in total. The minimum atomic E-state index is -0.458. The Hall–Kier alpha value is -2.87. The third-order valence-electron chi connectivity index (χ3n) is 4.53. The summed E-state index contributed by atoms with van der Waals surface area (Å²) in [5.41, 5.74) is 1.48. The van der Waals surface area contributed by atoms with Crippen LogP contribution in [0.3, 0.4) is 0 Å². The fourth-order valence-corrected chi connectivity index (χ4v) is 4.57. The number of hydrogen-bond donors (Lipinski definition) is 0. The summed E-state index contributed by atoms with van der Waals surface area (Å²) < 4.78 is 1.28. The molecule has 1 aromatic carbocycles. The van der Waals surface area contributed by atoms with Crippen LogP contribution in [0.1, 0.15) is 34.7 Å². The van der Waals surface area contributed by atoms with Gasteiger partial charge in [-0.1, -0.05) is 12.1 Å². The molecule has 0 bridgehead atoms. The van der Waals surface area contributed by atoms with Gasteiger partial charge in [-0.2, -0.15) is 9.78 Å². The standard InChI is InChI=1S/C18H16N4O3S/c1-11-20-17-16(14-7-2-3-8-15(14)26-17)18(23)21(11)19-10-12-5-4-6-13(9-12)22(24)25/h4-6,9-10H,2-3,7-8H2,1H3. The summed E-state index contributed by atoms with van der Waals surface area (Å²) in [6.45, 7) is 1.74. The van der Waals surface area contributed by atoms with Crippen LogP contribution in [0.25, 0.3) is 10.2 Å². The van der Waals surface area contributed by atoms with Crippen molar-refractivity contribution in [1.29, 1.82) is 0 Å². The number of hydrogen-bond acceptors (Lipinski definition) is 6. The van der Waals surface area contributed by atoms with Crippen molar-refractivity contribution >= 4 is 33.5 Å². The number of rotatable bonds is 3. The average Bonchev–Trinajstić information content (AvgIpc) is 2.99. The molecule has 0 saturated carbocycles. The molecule has 0 saturated heterocycles. The zero-order valence-corrected chi connectivity index (χ0v) is 15.0. The van der Waals surface area contributed by atoms with E-state index in [1.54, 1.807) is 30.4 Å². The molecule has 26 heavy (non-hydrogen) atoms. The Bertz CT molecular complexity index is 1110. The van der Waals surface area contributed by atoms with E-state index in [0.717, 1.165) is 36.1 Å². The summed E-state index contributed by atoms with van der Waals surface area (Å²) >= 11 is 1.61. The Kier molecular flexibility index (Phi) is 4.12. The van der Waals surface area contributed by atoms with Crippen LogP contribution in [0, 0.1) is 17.0 Å². The molecular weight excluding hydrogens is 352 g/mol. The molecule has 0 fully saturated rings. The highest BCUT2D eigenvalue weighted by atomic mass is 32.1. The second-order valence-corrected chi connectivity index (χ2v) is 7.35. The van der Waals surface area contributed by atoms with Crippen molar-refractivity contribution in [3.8, 4) is 0 Å². The number of nitrogens with zero attached hydrogens (tertiary/aromatic N) is 4. The Morgan fingerprint density at radius 3 is 2.96 bits per heavy atom. The lowest BCUT2D eigenvalue weighted by atomic mass is 9.97. The number of nitro groups is 1. The van der Waals surface area contributed by atoms with Gasteiger partial charge in [0.2, 0.25) is 0 Å². The zero-order valence-electron chi connectivity index (χ0n) is 14.1. The van der Waals surface area contributed by atoms with Crippen molar-refractivity contribution in [2.75, 3.05) is 0 Å². The van der Waals surface area contributed by atoms with Crippen molar-refractivity contribution in [3.63, 3.8) is 0 Å². The van der Waals surface area contributed by atoms with Crippen molar-refractivity contribution in [3.05, 3.63) is 66.6 Å². The topological polar surface area (TPSA) is 90.4 Å². The quantitative estimate of drug-likeness (QED) is 0.402. The number of aromatic nitrogens is 2. The van der Waals surface area contributed by atoms with Crippen LogP contribution >= 0.6 is 11.3 Å². The SMILES string of the molecule is Cc1nc2sc3c(c2c(=O)n1N=Cc1cccc([N+](=O)[O-])c1)CCCC3. The Labute approximate surface area is 152 Å². The zero-order chi connectivity index (χ0) is 18.3. The van der Waals surface area contributed by atoms with Gasteiger partial charge in [-0.05, 0) is 38.2 Å². The van der Waals surface area contributed by atoms with Gasteiger partial charge < -0.3 is 0 Å². The van der Waals surface area contributed by atoms with E-state index in [-0.39, 0.29) is 11.2 Å². The fraction of sp³-hybridized carbons (Fsp3) is 0.278. The summed E-state index contributed by atoms with van der Waals surface area (Å²) in [6.07, 6.45) is 5.60. The van der Waals surface area contributed by atoms with Gasteiger partial charge in [0.25, 0.3) is 11.2 Å². The summed E-state index contributed by atoms with van der Waals surface area (Å²) in [7, 11) is 0. The highest BCUT2D eigenvalue weighted by molar-refractivity contribution is 7.18. The fourth-order valence-electron chi connectivity index (χ4n) is 3.28. The predicted octanol–water partition coefficient (Wildman–Crippen LogP) is 3.44. The second-order valence-electron chi connectivity index (χ2n) is 6.26. The molecule has 0 spiro atoms. The summed E-state index contributed by atoms with van der Waals surface area (Å²) in [5, 5.41) is 15.8. The molecule has 8 heteroatoms. The van der Waals surface area contributed by atoms with Crippen LogP contribution in [-0.4, -0.2) is 20.8 Å². The Morgan fingerprint density at radius 2 is 2.15 bits per heavy atom. The van der Waals surface area contributed by atoms with Gasteiger partial charge in [0, 0.05) is 22.6 Å². The van der Waals surface area contributed by atoms with E-state index in [0.29, 0.717) is 16.8 Å². The number of fused-ring (bicyclic) bond motifs is 3. The first kappa shape index (κ1) is 16.6. The molecule has 2 aromatic heterocycles. The minimum absolute atomic E-state index is 0.0153. The van der Waals surface area contributed by atoms with Gasteiger partial charge in [0.1, 0.15) is 10.7 Å². The van der Waals surface area contributed by atoms with Gasteiger partial charge in [-0.3, -0.25) is 14.9 Å². The maximum Gasteiger partial charge on any atom is 0.283 e. The van der Waals surface area contributed by atoms with Gasteiger partial charge in [-0.15, -0.1) is 11.3 Å². The predicted molar refractivity (Wildman–Crippen MR) is 101 cm³/mol. The van der Waals surface area contributed by atoms with Crippen LogP contribution in [0.2, 0.25) is 0 Å². The number of non-ortho nitro benzene ring substituents is 1. The lowest BCUT2D eigenvalue weighted by Gasteiger charge is -2.10. The molecule has 0 amide bonds. The van der Waals surface area contributed by atoms with E-state index >= 15 is 0 Å². The van der Waals surface area contributed by atoms with Crippen molar-refractivity contribution in [2.45, 2.75) is 32.6 Å². The number of benzene rings is 1. The monoisotopic (exact) mass is 368 g/mol. The normalized spacial score (nSPS) is 14.0. The maximum absolute atomic E-state index is 13.0. The highest BCUT2D eigenvalue weighted by Gasteiger charge is 2.21. The molecule has 2 heterocycles. The van der Waals surface area contributed by atoms with Gasteiger partial charge in [-0.25, -0.2) is 4.98 Å². The molecule has 3 aromatic rings. The average molecular weight is 368 g/mol. The van der Waals surface area contributed by atoms with Gasteiger partial charge in [0.15, 0.2) is 0 Å². The molecule has 1 aliphatic rings. The highest BCUT2D eigenvalue weighted by Crippen LogP contribution is 2.33. The summed E-state index contributed by atoms with van der Waals surface area (Å²) in [6, 6.07) is 6.13. The van der Waals surface area contributed by atoms with Crippen LogP contribution in [0.4, 0.5) is 5.69 Å². The van der Waals surface area contributed by atoms with E-state index in [4.69, 9.17) is 0 Å². The molecule has 0 aliphatic heterocycles. The number of nitro benzene ring substituents is 1. The lowest BCUT2D eigenvalue weighted by Crippen LogP contribution is -2.21. The smallest absolute Gasteiger partial charge is 0.267 e. The molecule has 4 rings (SSSR count). The molecule has 0 unspecified atom stereocenters. The molecular formula is C18H16N4O3S. The Balaban J connectivity index is 1.80. The van der Waals surface area contributed by atoms with E-state index in [1.807, 2.05) is 0 Å². The lowest BCUT2D eigenvalue weighted by molar-refractivity contribution is -0.384. The van der Waals surface area contributed by atoms with Crippen molar-refractivity contribution in [1.82, 2.24) is 9.66 Å². The molecule has 0 atom stereocenters. The van der Waals surface area contributed by atoms with E-state index in [9.17, 15) is 14.9 Å². The minimum Gasteiger partial charge on any atom is -0.267 e. The van der Waals surface area contributed by atoms with Crippen LogP contribution < -0.4 is 5.56 Å². The van der Waals surface area contributed by atoms with Crippen molar-refractivity contribution in [2.24, 2.45) is 5.10 Å². The first-order valence-electron chi connectivity index (χ1n) is 8.37. The molecule has 0 radical (unpaired) electrons. The van der Waals surface area contributed by atoms with Gasteiger partial charge >= 0.3 is 0 Å². The molecule has 0 N–H and O–H groups in total. The summed E-state index contributed by atoms with van der Waals surface area (Å²) in [5.74, 6) is 0.503. The third-order valence-corrected chi connectivity index (χ3v) is 5.72. The molecule has 132 valence electrons. The first-order valence-corrected chi connectivity index (χ1v) is 9.19. The van der Waals surface area contributed by atoms with E-state index in [1.165, 1.54) is 27.9 Å². The first-order chi connectivity index (χ1) is 12.5. The maximum atomic E-state index is 13.0. The van der Waals surface area contributed by atoms with Crippen LogP contribution in [-0.2, 0) is 12.8 Å². The summed E-state index contributed by atoms with van der Waals surface area (Å²) in [4.78, 5) is 30.0. The molecule has 1 aliphatic carbocycles. The number of thiophene rings is 1. The van der Waals surface area contributed by atoms with Gasteiger partial charge in [0.05, 0.1) is 16.5 Å². The largest absolute Gasteiger partial charge is 0.283 e. The van der Waals surface area contributed by atoms with Crippen LogP contribution in [0.15, 0.2) is 34.2 Å². The Morgan fingerprint density at radius 1 is 1.35 bits per heavy atom. The third kappa shape index (κ3) is 2.82. The second kappa shape index (κ2) is 6.45. The van der Waals surface area contributed by atoms with E-state index in [2.05, 4.69) is 10.1 Å². The van der Waals surface area contributed by atoms with Crippen molar-refractivity contribution < 1.29 is 4.92 Å². The van der Waals surface area contributed by atoms with Crippen LogP contribution in [0.5, 0.6) is 0 Å². The number of aryl methyl sites for hydroxylation is 3. The van der Waals surface area contributed by atoms with E-state index < -0.39 is 4.92 Å².